The van der Waals surface area contributed by atoms with Crippen LogP contribution in [0, 0.1) is 5.92 Å². The Balaban J connectivity index is 2.31. The van der Waals surface area contributed by atoms with Crippen molar-refractivity contribution in [2.24, 2.45) is 5.92 Å². The number of likely N-dealkylation sites (tertiary alicyclic amines) is 1. The zero-order valence-corrected chi connectivity index (χ0v) is 7.26. The summed E-state index contributed by atoms with van der Waals surface area (Å²) in [5.41, 5.74) is 0. The summed E-state index contributed by atoms with van der Waals surface area (Å²) in [4.78, 5) is 13.4. The minimum Gasteiger partial charge on any atom is -0.356 e. The monoisotopic (exact) mass is 156 g/mol. The molecule has 0 aromatic rings. The fraction of sp³-hybridized carbons (Fsp3) is 0.875. The van der Waals surface area contributed by atoms with E-state index in [2.05, 4.69) is 17.3 Å². The van der Waals surface area contributed by atoms with Gasteiger partial charge in [0.2, 0.25) is 5.91 Å². The second-order valence-corrected chi connectivity index (χ2v) is 3.14. The lowest BCUT2D eigenvalue weighted by molar-refractivity contribution is -0.124. The number of rotatable bonds is 2. The number of carbonyl (C=O) groups excluding carboxylic acids is 1. The summed E-state index contributed by atoms with van der Waals surface area (Å²) in [7, 11) is 2.05. The van der Waals surface area contributed by atoms with Gasteiger partial charge in [0.05, 0.1) is 5.92 Å². The average Bonchev–Trinajstić information content (AvgIpc) is 2.36. The van der Waals surface area contributed by atoms with Gasteiger partial charge in [0.1, 0.15) is 0 Å². The van der Waals surface area contributed by atoms with Crippen molar-refractivity contribution in [1.29, 1.82) is 0 Å². The van der Waals surface area contributed by atoms with E-state index < -0.39 is 0 Å². The second-order valence-electron chi connectivity index (χ2n) is 3.14. The third kappa shape index (κ3) is 2.19. The van der Waals surface area contributed by atoms with E-state index in [9.17, 15) is 4.79 Å². The van der Waals surface area contributed by atoms with Gasteiger partial charge in [-0.3, -0.25) is 4.79 Å². The van der Waals surface area contributed by atoms with E-state index in [-0.39, 0.29) is 11.8 Å². The van der Waals surface area contributed by atoms with Crippen LogP contribution in [0.2, 0.25) is 0 Å². The molecule has 1 rings (SSSR count). The summed E-state index contributed by atoms with van der Waals surface area (Å²) in [6.45, 7) is 4.68. The molecule has 3 heteroatoms. The van der Waals surface area contributed by atoms with Crippen LogP contribution in [-0.2, 0) is 4.79 Å². The Labute approximate surface area is 67.8 Å². The van der Waals surface area contributed by atoms with Crippen molar-refractivity contribution in [2.45, 2.75) is 13.3 Å². The van der Waals surface area contributed by atoms with Gasteiger partial charge in [-0.05, 0) is 26.9 Å². The van der Waals surface area contributed by atoms with E-state index in [1.807, 2.05) is 6.92 Å². The van der Waals surface area contributed by atoms with E-state index in [0.29, 0.717) is 0 Å². The van der Waals surface area contributed by atoms with Gasteiger partial charge in [-0.2, -0.15) is 0 Å². The van der Waals surface area contributed by atoms with Crippen molar-refractivity contribution in [2.75, 3.05) is 26.7 Å². The normalized spacial score (nSPS) is 25.5. The highest BCUT2D eigenvalue weighted by Gasteiger charge is 2.25. The highest BCUT2D eigenvalue weighted by Crippen LogP contribution is 2.13. The molecular weight excluding hydrogens is 140 g/mol. The van der Waals surface area contributed by atoms with Gasteiger partial charge in [-0.15, -0.1) is 0 Å². The molecule has 1 N–H and O–H groups in total. The van der Waals surface area contributed by atoms with Crippen molar-refractivity contribution >= 4 is 5.91 Å². The van der Waals surface area contributed by atoms with Crippen LogP contribution in [0.15, 0.2) is 0 Å². The number of hydrogen-bond acceptors (Lipinski definition) is 2. The van der Waals surface area contributed by atoms with Crippen molar-refractivity contribution < 1.29 is 4.79 Å². The van der Waals surface area contributed by atoms with Crippen molar-refractivity contribution in [1.82, 2.24) is 10.2 Å². The Hall–Kier alpha value is -0.570. The lowest BCUT2D eigenvalue weighted by Gasteiger charge is -2.09. The van der Waals surface area contributed by atoms with E-state index in [0.717, 1.165) is 26.1 Å². The van der Waals surface area contributed by atoms with Crippen LogP contribution in [0.4, 0.5) is 0 Å². The number of nitrogens with zero attached hydrogens (tertiary/aromatic N) is 1. The summed E-state index contributed by atoms with van der Waals surface area (Å²) >= 11 is 0. The van der Waals surface area contributed by atoms with Gasteiger partial charge in [0.25, 0.3) is 0 Å². The third-order valence-electron chi connectivity index (χ3n) is 2.11. The predicted molar refractivity (Wildman–Crippen MR) is 44.3 cm³/mol. The molecule has 0 aromatic heterocycles. The molecule has 0 aromatic carbocycles. The zero-order chi connectivity index (χ0) is 8.27. The topological polar surface area (TPSA) is 32.3 Å². The molecule has 64 valence electrons. The molecule has 0 saturated carbocycles. The molecule has 0 bridgehead atoms. The van der Waals surface area contributed by atoms with Crippen LogP contribution in [0.1, 0.15) is 13.3 Å². The van der Waals surface area contributed by atoms with Crippen LogP contribution in [0.3, 0.4) is 0 Å². The lowest BCUT2D eigenvalue weighted by Crippen LogP contribution is -2.31. The average molecular weight is 156 g/mol. The zero-order valence-electron chi connectivity index (χ0n) is 7.26. The predicted octanol–water partition coefficient (Wildman–Crippen LogP) is 0.0742. The largest absolute Gasteiger partial charge is 0.356 e. The Bertz CT molecular complexity index is 147. The van der Waals surface area contributed by atoms with Gasteiger partial charge >= 0.3 is 0 Å². The molecule has 0 aliphatic carbocycles. The molecule has 1 saturated heterocycles. The van der Waals surface area contributed by atoms with E-state index in [1.54, 1.807) is 0 Å². The number of amides is 1. The molecule has 1 aliphatic rings. The molecule has 1 heterocycles. The summed E-state index contributed by atoms with van der Waals surface area (Å²) < 4.78 is 0. The Morgan fingerprint density at radius 2 is 2.45 bits per heavy atom. The van der Waals surface area contributed by atoms with Crippen LogP contribution < -0.4 is 5.32 Å². The lowest BCUT2D eigenvalue weighted by atomic mass is 10.1. The van der Waals surface area contributed by atoms with Gasteiger partial charge in [-0.1, -0.05) is 0 Å². The molecular formula is C8H16N2O. The molecule has 1 amide bonds. The summed E-state index contributed by atoms with van der Waals surface area (Å²) in [5.74, 6) is 0.455. The molecule has 3 nitrogen and oxygen atoms in total. The maximum absolute atomic E-state index is 11.3. The van der Waals surface area contributed by atoms with Gasteiger partial charge in [0, 0.05) is 13.1 Å². The van der Waals surface area contributed by atoms with E-state index in [1.165, 1.54) is 0 Å². The summed E-state index contributed by atoms with van der Waals surface area (Å²) in [6, 6.07) is 0. The first kappa shape index (κ1) is 8.53. The number of nitrogens with one attached hydrogen (secondary N) is 1. The first-order valence-corrected chi connectivity index (χ1v) is 4.20. The SMILES string of the molecule is CCNC(=O)[C@@H]1CCN(C)C1. The van der Waals surface area contributed by atoms with Crippen LogP contribution >= 0.6 is 0 Å². The maximum atomic E-state index is 11.3. The van der Waals surface area contributed by atoms with Crippen LogP contribution in [0.25, 0.3) is 0 Å². The van der Waals surface area contributed by atoms with Crippen molar-refractivity contribution in [3.63, 3.8) is 0 Å². The highest BCUT2D eigenvalue weighted by molar-refractivity contribution is 5.79. The standard InChI is InChI=1S/C8H16N2O/c1-3-9-8(11)7-4-5-10(2)6-7/h7H,3-6H2,1-2H3,(H,9,11)/t7-/m1/s1. The van der Waals surface area contributed by atoms with Crippen molar-refractivity contribution in [3.05, 3.63) is 0 Å². The molecule has 1 aliphatic heterocycles. The Morgan fingerprint density at radius 3 is 2.91 bits per heavy atom. The second kappa shape index (κ2) is 3.72. The molecule has 0 unspecified atom stereocenters. The van der Waals surface area contributed by atoms with Crippen LogP contribution in [-0.4, -0.2) is 37.5 Å². The third-order valence-corrected chi connectivity index (χ3v) is 2.11. The number of hydrogen-bond donors (Lipinski definition) is 1. The highest BCUT2D eigenvalue weighted by atomic mass is 16.1. The van der Waals surface area contributed by atoms with Gasteiger partial charge in [0.15, 0.2) is 0 Å². The molecule has 1 atom stereocenters. The van der Waals surface area contributed by atoms with E-state index >= 15 is 0 Å². The van der Waals surface area contributed by atoms with Gasteiger partial charge in [-0.25, -0.2) is 0 Å². The first-order chi connectivity index (χ1) is 5.24. The smallest absolute Gasteiger partial charge is 0.224 e. The number of carbonyl (C=O) groups is 1. The summed E-state index contributed by atoms with van der Waals surface area (Å²) in [5, 5.41) is 2.84. The van der Waals surface area contributed by atoms with E-state index in [4.69, 9.17) is 0 Å². The maximum Gasteiger partial charge on any atom is 0.224 e. The minimum absolute atomic E-state index is 0.219. The van der Waals surface area contributed by atoms with Crippen molar-refractivity contribution in [3.8, 4) is 0 Å². The summed E-state index contributed by atoms with van der Waals surface area (Å²) in [6.07, 6.45) is 1.02. The fourth-order valence-electron chi connectivity index (χ4n) is 1.47. The quantitative estimate of drug-likeness (QED) is 0.614. The Morgan fingerprint density at radius 1 is 1.73 bits per heavy atom. The Kier molecular flexibility index (Phi) is 2.88. The molecule has 1 fully saturated rings. The van der Waals surface area contributed by atoms with Gasteiger partial charge < -0.3 is 10.2 Å². The molecule has 0 spiro atoms. The molecule has 0 radical (unpaired) electrons. The molecule has 11 heavy (non-hydrogen) atoms. The first-order valence-electron chi connectivity index (χ1n) is 4.20. The minimum atomic E-state index is 0.219. The van der Waals surface area contributed by atoms with Crippen LogP contribution in [0.5, 0.6) is 0 Å². The fourth-order valence-corrected chi connectivity index (χ4v) is 1.47.